The molecule has 1 saturated heterocycles. The number of nitrogens with zero attached hydrogens (tertiary/aromatic N) is 3. The molecule has 6 aliphatic rings. The summed E-state index contributed by atoms with van der Waals surface area (Å²) in [5, 5.41) is 83.3. The summed E-state index contributed by atoms with van der Waals surface area (Å²) < 4.78 is 0. The van der Waals surface area contributed by atoms with Crippen LogP contribution in [0.25, 0.3) is 0 Å². The minimum Gasteiger partial charge on any atom is -0.511 e. The van der Waals surface area contributed by atoms with E-state index in [0.29, 0.717) is 54.2 Å². The number of hydrogen-bond acceptors (Lipinski definition) is 20. The number of aliphatic imine (C=N–C) groups is 3. The van der Waals surface area contributed by atoms with Crippen LogP contribution in [0.1, 0.15) is 119 Å². The van der Waals surface area contributed by atoms with Crippen LogP contribution in [-0.2, 0) is 62.3 Å². The maximum atomic E-state index is 14.0. The van der Waals surface area contributed by atoms with E-state index in [0.717, 1.165) is 56.2 Å². The molecule has 0 aromatic rings. The van der Waals surface area contributed by atoms with Crippen molar-refractivity contribution in [2.24, 2.45) is 38.5 Å². The van der Waals surface area contributed by atoms with Crippen molar-refractivity contribution in [1.82, 2.24) is 53.2 Å². The number of allylic oxidation sites excluding steroid dienone is 12. The topological polar surface area (TPSA) is 527 Å². The SMILES string of the molecule is C=CC1=C(C)C2=NC1=CC1=NC(=CC3=C(C)C4=C(O)CC(=C5NC(=C2)[C@@H](C)[C@@H]5CCC(=O)NCC(=O)N[C@@H](CC(=O)O)C(=O)N[C@@H](CCC(=O)O)C(=O)N[C@H](C(=O)N[C@@H](CC(=O)O)C(=O)NCC(=O)N[C@@H](CO)C(=O)NCC(=O)N[C@@H](CCCCN)C(=O)O)C(C)C)C4=N3)C(CC)=C1C. The van der Waals surface area contributed by atoms with E-state index in [1.54, 1.807) is 6.08 Å². The molecule has 534 valence electrons. The molecule has 0 saturated carbocycles. The second kappa shape index (κ2) is 35.0. The molecular weight excluding hydrogens is 1290 g/mol. The van der Waals surface area contributed by atoms with Crippen LogP contribution in [0.5, 0.6) is 0 Å². The van der Waals surface area contributed by atoms with Gasteiger partial charge in [0, 0.05) is 59.2 Å². The number of carboxylic acid groups (broad SMARTS) is 4. The van der Waals surface area contributed by atoms with Crippen molar-refractivity contribution in [3.8, 4) is 0 Å². The van der Waals surface area contributed by atoms with E-state index in [-0.39, 0.29) is 43.3 Å². The zero-order valence-electron chi connectivity index (χ0n) is 55.9. The third kappa shape index (κ3) is 20.2. The molecule has 18 N–H and O–H groups in total. The number of carboxylic acids is 4. The van der Waals surface area contributed by atoms with Gasteiger partial charge in [-0.15, -0.1) is 0 Å². The summed E-state index contributed by atoms with van der Waals surface area (Å²) in [4.78, 5) is 183. The van der Waals surface area contributed by atoms with Crippen LogP contribution in [0.15, 0.2) is 119 Å². The molecular formula is C66H86N14O19. The average molecular weight is 1380 g/mol. The number of fused-ring (bicyclic) bond motifs is 5. The lowest BCUT2D eigenvalue weighted by Gasteiger charge is -2.27. The molecule has 0 unspecified atom stereocenters. The van der Waals surface area contributed by atoms with E-state index in [4.69, 9.17) is 20.7 Å². The van der Waals surface area contributed by atoms with Gasteiger partial charge in [-0.3, -0.25) is 57.5 Å². The smallest absolute Gasteiger partial charge is 0.326 e. The van der Waals surface area contributed by atoms with Crippen LogP contribution in [0, 0.1) is 17.8 Å². The molecule has 33 nitrogen and oxygen atoms in total. The predicted octanol–water partition coefficient (Wildman–Crippen LogP) is -0.442. The molecule has 1 fully saturated rings. The number of rotatable bonds is 36. The van der Waals surface area contributed by atoms with Gasteiger partial charge in [-0.2, -0.15) is 0 Å². The summed E-state index contributed by atoms with van der Waals surface area (Å²) in [6, 6.07) is -10.4. The molecule has 0 radical (unpaired) electrons. The zero-order valence-corrected chi connectivity index (χ0v) is 55.9. The standard InChI is InChI=1S/C66H86N14O19/c1-9-34-30(5)40-20-42-32(7)36(59(76-42)37-19-49(82)57-33(8)43(77-60(37)57)22-45-35(10-2)31(6)41(72-45)21-44(34)71-40)14-16-50(83)68-25-51(84)74-47(24-56(91)92)64(96)78-38(15-17-54(87)88)63(95)80-58(29(3)4)65(97)79-46(23-55(89)90)61(93)69-27-53(86)75-48(28-81)62(94)70-26-52(85)73-39(66(98)99)13-11-12-18-67/h9,20-22,29,32,36,38-39,46-48,58,76,81-82H,1,10-19,23-28,67H2,2-8H3,(H,68,83)(H,69,93)(H,70,94)(H,73,85)(H,74,84)(H,75,86)(H,78,96)(H,79,97)(H,80,95)(H,87,88)(H,89,90)(H,91,92)(H,98,99)/t32-,36-,38-,39-,46-,47-,48-,58-/m0/s1. The van der Waals surface area contributed by atoms with Gasteiger partial charge in [0.2, 0.25) is 53.2 Å². The third-order valence-electron chi connectivity index (χ3n) is 17.3. The summed E-state index contributed by atoms with van der Waals surface area (Å²) in [5.41, 5.74) is 16.9. The predicted molar refractivity (Wildman–Crippen MR) is 356 cm³/mol. The summed E-state index contributed by atoms with van der Waals surface area (Å²) in [7, 11) is 0. The molecule has 99 heavy (non-hydrogen) atoms. The van der Waals surface area contributed by atoms with Gasteiger partial charge in [0.25, 0.3) is 0 Å². The highest BCUT2D eigenvalue weighted by Gasteiger charge is 2.42. The highest BCUT2D eigenvalue weighted by atomic mass is 16.4. The normalized spacial score (nSPS) is 18.6. The number of nitrogens with two attached hydrogens (primary N) is 1. The van der Waals surface area contributed by atoms with Crippen molar-refractivity contribution >= 4 is 94.2 Å². The molecule has 1 aliphatic carbocycles. The molecule has 0 aromatic carbocycles. The zero-order chi connectivity index (χ0) is 73.3. The Kier molecular flexibility index (Phi) is 27.3. The van der Waals surface area contributed by atoms with Gasteiger partial charge < -0.3 is 89.5 Å². The summed E-state index contributed by atoms with van der Waals surface area (Å²) >= 11 is 0. The lowest BCUT2D eigenvalue weighted by Crippen LogP contribution is -2.60. The summed E-state index contributed by atoms with van der Waals surface area (Å²) in [6.45, 7) is 13.5. The lowest BCUT2D eigenvalue weighted by molar-refractivity contribution is -0.142. The monoisotopic (exact) mass is 1380 g/mol. The molecule has 0 aromatic heterocycles. The van der Waals surface area contributed by atoms with E-state index in [2.05, 4.69) is 66.7 Å². The van der Waals surface area contributed by atoms with Gasteiger partial charge >= 0.3 is 23.9 Å². The Morgan fingerprint density at radius 3 is 1.78 bits per heavy atom. The average Bonchev–Trinajstić information content (AvgIpc) is 1.58. The Morgan fingerprint density at radius 1 is 0.636 bits per heavy atom. The van der Waals surface area contributed by atoms with Crippen LogP contribution in [0.3, 0.4) is 0 Å². The van der Waals surface area contributed by atoms with Crippen LogP contribution in [0.4, 0.5) is 0 Å². The highest BCUT2D eigenvalue weighted by molar-refractivity contribution is 6.21. The summed E-state index contributed by atoms with van der Waals surface area (Å²) in [5.74, 6) is -17.2. The first kappa shape index (κ1) is 77.3. The summed E-state index contributed by atoms with van der Waals surface area (Å²) in [6.07, 6.45) is 5.75. The molecule has 8 bridgehead atoms. The fourth-order valence-corrected chi connectivity index (χ4v) is 11.8. The van der Waals surface area contributed by atoms with Crippen molar-refractivity contribution in [1.29, 1.82) is 0 Å². The Labute approximate surface area is 569 Å². The van der Waals surface area contributed by atoms with E-state index < -0.39 is 171 Å². The number of carbonyl (C=O) groups is 13. The number of aliphatic hydroxyl groups is 2. The van der Waals surface area contributed by atoms with Crippen molar-refractivity contribution < 1.29 is 93.0 Å². The van der Waals surface area contributed by atoms with Crippen LogP contribution in [-0.4, -0.2) is 194 Å². The second-order valence-corrected chi connectivity index (χ2v) is 24.6. The number of hydrogen-bond donors (Lipinski definition) is 17. The molecule has 6 rings (SSSR count). The van der Waals surface area contributed by atoms with Crippen LogP contribution >= 0.6 is 0 Å². The molecule has 0 spiro atoms. The molecule has 5 aliphatic heterocycles. The van der Waals surface area contributed by atoms with Crippen molar-refractivity contribution in [3.05, 3.63) is 104 Å². The maximum Gasteiger partial charge on any atom is 0.326 e. The Bertz CT molecular complexity index is 3730. The largest absolute Gasteiger partial charge is 0.511 e. The molecule has 9 amide bonds. The minimum absolute atomic E-state index is 0.0471. The number of aliphatic carboxylic acids is 4. The first-order valence-corrected chi connectivity index (χ1v) is 32.2. The second-order valence-electron chi connectivity index (χ2n) is 24.6. The maximum absolute atomic E-state index is 14.0. The number of amides is 9. The van der Waals surface area contributed by atoms with Gasteiger partial charge in [0.1, 0.15) is 42.0 Å². The van der Waals surface area contributed by atoms with Gasteiger partial charge in [-0.05, 0) is 112 Å². The molecule has 33 heteroatoms. The van der Waals surface area contributed by atoms with E-state index in [9.17, 15) is 93.0 Å². The fraction of sp³-hybridized carbons (Fsp3) is 0.485. The third-order valence-corrected chi connectivity index (χ3v) is 17.3. The lowest BCUT2D eigenvalue weighted by atomic mass is 9.86. The molecule has 8 atom stereocenters. The quantitative estimate of drug-likeness (QED) is 0.0354. The molecule has 5 heterocycles. The van der Waals surface area contributed by atoms with Crippen LogP contribution in [0.2, 0.25) is 0 Å². The Balaban J connectivity index is 1.08. The number of unbranched alkanes of at least 4 members (excludes halogenated alkanes) is 1. The fourth-order valence-electron chi connectivity index (χ4n) is 11.8. The van der Waals surface area contributed by atoms with Gasteiger partial charge in [-0.25, -0.2) is 19.8 Å². The van der Waals surface area contributed by atoms with Gasteiger partial charge in [0.05, 0.1) is 73.3 Å². The van der Waals surface area contributed by atoms with E-state index in [1.165, 1.54) is 13.8 Å². The number of nitrogens with one attached hydrogen (secondary N) is 10. The Hall–Kier alpha value is -10.7. The Morgan fingerprint density at radius 2 is 1.20 bits per heavy atom. The van der Waals surface area contributed by atoms with Crippen LogP contribution < -0.4 is 58.9 Å². The minimum atomic E-state index is -1.96. The van der Waals surface area contributed by atoms with Gasteiger partial charge in [-0.1, -0.05) is 40.3 Å². The van der Waals surface area contributed by atoms with E-state index >= 15 is 0 Å². The first-order chi connectivity index (χ1) is 46.8. The van der Waals surface area contributed by atoms with E-state index in [1.807, 2.05) is 45.9 Å². The van der Waals surface area contributed by atoms with Crippen molar-refractivity contribution in [3.63, 3.8) is 0 Å². The highest BCUT2D eigenvalue weighted by Crippen LogP contribution is 2.46. The number of carbonyl (C=O) groups excluding carboxylic acids is 9. The van der Waals surface area contributed by atoms with Gasteiger partial charge in [0.15, 0.2) is 0 Å². The van der Waals surface area contributed by atoms with Crippen molar-refractivity contribution in [2.45, 2.75) is 155 Å². The number of aliphatic hydroxyl groups excluding tert-OH is 2. The first-order valence-electron chi connectivity index (χ1n) is 32.2. The van der Waals surface area contributed by atoms with Crippen molar-refractivity contribution in [2.75, 3.05) is 32.8 Å².